The largest absolute Gasteiger partial charge is 0.497 e. The summed E-state index contributed by atoms with van der Waals surface area (Å²) in [5.74, 6) is 0.949. The molecule has 0 radical (unpaired) electrons. The number of hydrogen-bond donors (Lipinski definition) is 1. The molecule has 2 unspecified atom stereocenters. The Morgan fingerprint density at radius 1 is 1.42 bits per heavy atom. The summed E-state index contributed by atoms with van der Waals surface area (Å²) in [6.45, 7) is 4.57. The number of piperidine rings is 1. The van der Waals surface area contributed by atoms with Gasteiger partial charge >= 0.3 is 0 Å². The number of ether oxygens (including phenoxy) is 1. The van der Waals surface area contributed by atoms with Gasteiger partial charge in [0.05, 0.1) is 7.11 Å². The van der Waals surface area contributed by atoms with Gasteiger partial charge in [-0.05, 0) is 64.0 Å². The molecular formula is C16H26N2O. The van der Waals surface area contributed by atoms with Gasteiger partial charge in [0, 0.05) is 12.1 Å². The van der Waals surface area contributed by atoms with Gasteiger partial charge in [0.1, 0.15) is 5.75 Å². The second-order valence-electron chi connectivity index (χ2n) is 5.61. The van der Waals surface area contributed by atoms with Gasteiger partial charge in [-0.3, -0.25) is 0 Å². The zero-order valence-corrected chi connectivity index (χ0v) is 12.4. The molecule has 1 heterocycles. The van der Waals surface area contributed by atoms with E-state index in [9.17, 15) is 0 Å². The fraction of sp³-hybridized carbons (Fsp3) is 0.625. The molecule has 2 rings (SSSR count). The van der Waals surface area contributed by atoms with E-state index in [2.05, 4.69) is 42.4 Å². The Morgan fingerprint density at radius 3 is 3.00 bits per heavy atom. The van der Waals surface area contributed by atoms with Crippen molar-refractivity contribution in [2.24, 2.45) is 0 Å². The van der Waals surface area contributed by atoms with E-state index in [4.69, 9.17) is 4.74 Å². The second kappa shape index (κ2) is 6.92. The van der Waals surface area contributed by atoms with Crippen LogP contribution in [-0.2, 0) is 6.42 Å². The summed E-state index contributed by atoms with van der Waals surface area (Å²) >= 11 is 0. The first-order chi connectivity index (χ1) is 9.19. The Bertz CT molecular complexity index is 394. The van der Waals surface area contributed by atoms with Crippen LogP contribution in [0, 0.1) is 0 Å². The quantitative estimate of drug-likeness (QED) is 0.881. The average molecular weight is 262 g/mol. The Hall–Kier alpha value is -1.06. The normalized spacial score (nSPS) is 24.4. The molecule has 1 fully saturated rings. The van der Waals surface area contributed by atoms with Gasteiger partial charge < -0.3 is 15.0 Å². The molecule has 3 heteroatoms. The van der Waals surface area contributed by atoms with Crippen molar-refractivity contribution in [2.45, 2.75) is 38.3 Å². The fourth-order valence-corrected chi connectivity index (χ4v) is 2.72. The lowest BCUT2D eigenvalue weighted by molar-refractivity contribution is 0.169. The minimum absolute atomic E-state index is 0.678. The highest BCUT2D eigenvalue weighted by atomic mass is 16.5. The topological polar surface area (TPSA) is 24.5 Å². The van der Waals surface area contributed by atoms with Crippen LogP contribution >= 0.6 is 0 Å². The number of benzene rings is 1. The van der Waals surface area contributed by atoms with Gasteiger partial charge in [0.25, 0.3) is 0 Å². The third kappa shape index (κ3) is 4.22. The smallest absolute Gasteiger partial charge is 0.119 e. The molecule has 0 bridgehead atoms. The molecule has 1 aromatic carbocycles. The summed E-state index contributed by atoms with van der Waals surface area (Å²) in [6.07, 6.45) is 3.59. The van der Waals surface area contributed by atoms with Gasteiger partial charge in [-0.2, -0.15) is 0 Å². The van der Waals surface area contributed by atoms with E-state index in [1.54, 1.807) is 7.11 Å². The summed E-state index contributed by atoms with van der Waals surface area (Å²) in [6, 6.07) is 9.72. The van der Waals surface area contributed by atoms with E-state index in [0.29, 0.717) is 12.1 Å². The van der Waals surface area contributed by atoms with Gasteiger partial charge in [0.2, 0.25) is 0 Å². The summed E-state index contributed by atoms with van der Waals surface area (Å²) < 4.78 is 5.25. The molecule has 0 aromatic heterocycles. The molecule has 1 aromatic rings. The van der Waals surface area contributed by atoms with Crippen molar-refractivity contribution in [2.75, 3.05) is 27.2 Å². The maximum atomic E-state index is 5.25. The van der Waals surface area contributed by atoms with Crippen molar-refractivity contribution < 1.29 is 4.74 Å². The molecule has 1 saturated heterocycles. The highest BCUT2D eigenvalue weighted by molar-refractivity contribution is 5.28. The van der Waals surface area contributed by atoms with Gasteiger partial charge in [-0.25, -0.2) is 0 Å². The summed E-state index contributed by atoms with van der Waals surface area (Å²) in [4.78, 5) is 2.44. The summed E-state index contributed by atoms with van der Waals surface area (Å²) in [7, 11) is 3.94. The minimum Gasteiger partial charge on any atom is -0.497 e. The SMILES string of the molecule is COc1cccc(CCNC2CCN(C)C(C)C2)c1. The molecule has 0 saturated carbocycles. The lowest BCUT2D eigenvalue weighted by Crippen LogP contribution is -2.46. The Labute approximate surface area is 116 Å². The van der Waals surface area contributed by atoms with E-state index in [-0.39, 0.29) is 0 Å². The van der Waals surface area contributed by atoms with Crippen LogP contribution in [0.4, 0.5) is 0 Å². The fourth-order valence-electron chi connectivity index (χ4n) is 2.72. The van der Waals surface area contributed by atoms with Crippen LogP contribution in [0.25, 0.3) is 0 Å². The Morgan fingerprint density at radius 2 is 2.26 bits per heavy atom. The van der Waals surface area contributed by atoms with Gasteiger partial charge in [-0.15, -0.1) is 0 Å². The third-order valence-corrected chi connectivity index (χ3v) is 4.19. The van der Waals surface area contributed by atoms with Crippen LogP contribution in [0.3, 0.4) is 0 Å². The van der Waals surface area contributed by atoms with E-state index >= 15 is 0 Å². The van der Waals surface area contributed by atoms with E-state index in [1.165, 1.54) is 24.9 Å². The number of hydrogen-bond acceptors (Lipinski definition) is 3. The van der Waals surface area contributed by atoms with E-state index < -0.39 is 0 Å². The lowest BCUT2D eigenvalue weighted by atomic mass is 9.99. The number of nitrogens with zero attached hydrogens (tertiary/aromatic N) is 1. The third-order valence-electron chi connectivity index (χ3n) is 4.19. The number of likely N-dealkylation sites (tertiary alicyclic amines) is 1. The van der Waals surface area contributed by atoms with Crippen molar-refractivity contribution in [1.29, 1.82) is 0 Å². The number of rotatable bonds is 5. The van der Waals surface area contributed by atoms with Crippen LogP contribution in [-0.4, -0.2) is 44.2 Å². The Kier molecular flexibility index (Phi) is 5.23. The Balaban J connectivity index is 1.74. The molecular weight excluding hydrogens is 236 g/mol. The highest BCUT2D eigenvalue weighted by Crippen LogP contribution is 2.16. The molecule has 0 aliphatic carbocycles. The molecule has 0 spiro atoms. The zero-order valence-electron chi connectivity index (χ0n) is 12.4. The van der Waals surface area contributed by atoms with Crippen molar-refractivity contribution in [3.63, 3.8) is 0 Å². The molecule has 1 aliphatic heterocycles. The minimum atomic E-state index is 0.678. The molecule has 2 atom stereocenters. The van der Waals surface area contributed by atoms with Crippen LogP contribution in [0.2, 0.25) is 0 Å². The van der Waals surface area contributed by atoms with Crippen LogP contribution in [0.15, 0.2) is 24.3 Å². The first kappa shape index (κ1) is 14.4. The first-order valence-corrected chi connectivity index (χ1v) is 7.25. The first-order valence-electron chi connectivity index (χ1n) is 7.25. The van der Waals surface area contributed by atoms with Crippen molar-refractivity contribution >= 4 is 0 Å². The lowest BCUT2D eigenvalue weighted by Gasteiger charge is -2.35. The summed E-state index contributed by atoms with van der Waals surface area (Å²) in [5.41, 5.74) is 1.34. The summed E-state index contributed by atoms with van der Waals surface area (Å²) in [5, 5.41) is 3.69. The van der Waals surface area contributed by atoms with Crippen molar-refractivity contribution in [3.05, 3.63) is 29.8 Å². The van der Waals surface area contributed by atoms with Crippen molar-refractivity contribution in [3.8, 4) is 5.75 Å². The van der Waals surface area contributed by atoms with Crippen LogP contribution in [0.5, 0.6) is 5.75 Å². The van der Waals surface area contributed by atoms with E-state index in [0.717, 1.165) is 18.7 Å². The number of nitrogens with one attached hydrogen (secondary N) is 1. The van der Waals surface area contributed by atoms with Crippen LogP contribution in [0.1, 0.15) is 25.3 Å². The second-order valence-corrected chi connectivity index (χ2v) is 5.61. The monoisotopic (exact) mass is 262 g/mol. The predicted molar refractivity (Wildman–Crippen MR) is 79.8 cm³/mol. The maximum absolute atomic E-state index is 5.25. The van der Waals surface area contributed by atoms with E-state index in [1.807, 2.05) is 6.07 Å². The molecule has 106 valence electrons. The zero-order chi connectivity index (χ0) is 13.7. The molecule has 0 amide bonds. The van der Waals surface area contributed by atoms with Gasteiger partial charge in [0.15, 0.2) is 0 Å². The average Bonchev–Trinajstić information content (AvgIpc) is 2.43. The maximum Gasteiger partial charge on any atom is 0.119 e. The molecule has 1 N–H and O–H groups in total. The van der Waals surface area contributed by atoms with Crippen LogP contribution < -0.4 is 10.1 Å². The predicted octanol–water partition coefficient (Wildman–Crippen LogP) is 2.31. The molecule has 3 nitrogen and oxygen atoms in total. The highest BCUT2D eigenvalue weighted by Gasteiger charge is 2.21. The number of methoxy groups -OCH3 is 1. The molecule has 19 heavy (non-hydrogen) atoms. The molecule has 1 aliphatic rings. The standard InChI is InChI=1S/C16H26N2O/c1-13-11-15(8-10-18(13)2)17-9-7-14-5-4-6-16(12-14)19-3/h4-6,12-13,15,17H,7-11H2,1-3H3. The van der Waals surface area contributed by atoms with Crippen molar-refractivity contribution in [1.82, 2.24) is 10.2 Å². The van der Waals surface area contributed by atoms with Gasteiger partial charge in [-0.1, -0.05) is 12.1 Å².